The Kier molecular flexibility index (Phi) is 3.76. The quantitative estimate of drug-likeness (QED) is 0.881. The minimum atomic E-state index is -0.700. The summed E-state index contributed by atoms with van der Waals surface area (Å²) in [5.74, 6) is 0. The Hall–Kier alpha value is -0.580. The maximum atomic E-state index is 10.6. The summed E-state index contributed by atoms with van der Waals surface area (Å²) >= 11 is 6.19. The number of hydrogen-bond acceptors (Lipinski definition) is 3. The molecule has 4 nitrogen and oxygen atoms in total. The monoisotopic (exact) mass is 258 g/mol. The van der Waals surface area contributed by atoms with E-state index in [0.717, 1.165) is 30.7 Å². The number of halogens is 1. The maximum absolute atomic E-state index is 10.6. The average molecular weight is 259 g/mol. The Morgan fingerprint density at radius 3 is 2.88 bits per heavy atom. The molecule has 1 aliphatic heterocycles. The van der Waals surface area contributed by atoms with Crippen molar-refractivity contribution >= 4 is 11.6 Å². The van der Waals surface area contributed by atoms with E-state index in [9.17, 15) is 5.11 Å². The first-order chi connectivity index (χ1) is 8.02. The Morgan fingerprint density at radius 2 is 2.24 bits per heavy atom. The zero-order valence-corrected chi connectivity index (χ0v) is 11.1. The molecule has 2 heterocycles. The van der Waals surface area contributed by atoms with Crippen LogP contribution in [-0.4, -0.2) is 33.7 Å². The molecule has 0 spiro atoms. The molecule has 1 aliphatic rings. The van der Waals surface area contributed by atoms with Gasteiger partial charge in [0.1, 0.15) is 5.15 Å². The predicted molar refractivity (Wildman–Crippen MR) is 66.3 cm³/mol. The molecule has 5 heteroatoms. The molecule has 0 aromatic carbocycles. The Bertz CT molecular complexity index is 395. The highest BCUT2D eigenvalue weighted by Gasteiger charge is 2.31. The lowest BCUT2D eigenvalue weighted by Crippen LogP contribution is -2.32. The minimum absolute atomic E-state index is 0.564. The third kappa shape index (κ3) is 2.81. The largest absolute Gasteiger partial charge is 0.389 e. The van der Waals surface area contributed by atoms with E-state index in [4.69, 9.17) is 16.3 Å². The summed E-state index contributed by atoms with van der Waals surface area (Å²) in [5.41, 5.74) is 1.16. The van der Waals surface area contributed by atoms with Crippen molar-refractivity contribution in [1.29, 1.82) is 0 Å². The molecule has 1 aromatic rings. The molecule has 0 amide bonds. The fourth-order valence-corrected chi connectivity index (χ4v) is 2.61. The number of aliphatic hydroxyl groups is 1. The first-order valence-corrected chi connectivity index (χ1v) is 6.38. The summed E-state index contributed by atoms with van der Waals surface area (Å²) in [6, 6.07) is 0. The summed E-state index contributed by atoms with van der Waals surface area (Å²) in [7, 11) is 1.82. The zero-order chi connectivity index (χ0) is 12.5. The summed E-state index contributed by atoms with van der Waals surface area (Å²) < 4.78 is 7.04. The summed E-state index contributed by atoms with van der Waals surface area (Å²) in [4.78, 5) is 0. The Labute approximate surface area is 107 Å². The first kappa shape index (κ1) is 12.9. The van der Waals surface area contributed by atoms with Crippen LogP contribution in [0, 0.1) is 6.92 Å². The average Bonchev–Trinajstić information content (AvgIpc) is 2.48. The van der Waals surface area contributed by atoms with Crippen molar-refractivity contribution < 1.29 is 9.84 Å². The van der Waals surface area contributed by atoms with Crippen LogP contribution in [0.25, 0.3) is 0 Å². The van der Waals surface area contributed by atoms with Crippen LogP contribution in [0.2, 0.25) is 5.15 Å². The molecule has 1 fully saturated rings. The fraction of sp³-hybridized carbons (Fsp3) is 0.750. The number of hydrogen-bond donors (Lipinski definition) is 1. The number of rotatable bonds is 2. The van der Waals surface area contributed by atoms with Crippen LogP contribution in [0.1, 0.15) is 30.5 Å². The molecule has 0 radical (unpaired) electrons. The summed E-state index contributed by atoms with van der Waals surface area (Å²) in [5, 5.41) is 15.5. The molecular formula is C12H19ClN2O2. The van der Waals surface area contributed by atoms with Crippen LogP contribution in [0.15, 0.2) is 0 Å². The molecule has 1 atom stereocenters. The molecule has 0 aliphatic carbocycles. The molecule has 1 N–H and O–H groups in total. The normalized spacial score (nSPS) is 25.9. The van der Waals surface area contributed by atoms with Gasteiger partial charge in [-0.25, -0.2) is 0 Å². The molecule has 0 saturated carbocycles. The van der Waals surface area contributed by atoms with Gasteiger partial charge in [-0.2, -0.15) is 5.10 Å². The van der Waals surface area contributed by atoms with Crippen molar-refractivity contribution in [2.45, 2.75) is 38.2 Å². The van der Waals surface area contributed by atoms with E-state index in [2.05, 4.69) is 5.10 Å². The highest BCUT2D eigenvalue weighted by atomic mass is 35.5. The van der Waals surface area contributed by atoms with Gasteiger partial charge in [-0.15, -0.1) is 0 Å². The third-order valence-corrected chi connectivity index (χ3v) is 3.89. The van der Waals surface area contributed by atoms with Crippen molar-refractivity contribution in [1.82, 2.24) is 9.78 Å². The van der Waals surface area contributed by atoms with Gasteiger partial charge in [0.2, 0.25) is 0 Å². The standard InChI is InChI=1S/C12H19ClN2O2/c1-9-10(11(13)15(2)14-9)8-12(16)4-3-6-17-7-5-12/h16H,3-8H2,1-2H3. The maximum Gasteiger partial charge on any atom is 0.130 e. The minimum Gasteiger partial charge on any atom is -0.389 e. The van der Waals surface area contributed by atoms with Gasteiger partial charge in [0.15, 0.2) is 0 Å². The highest BCUT2D eigenvalue weighted by molar-refractivity contribution is 6.30. The van der Waals surface area contributed by atoms with Crippen molar-refractivity contribution in [2.75, 3.05) is 13.2 Å². The topological polar surface area (TPSA) is 47.3 Å². The molecular weight excluding hydrogens is 240 g/mol. The lowest BCUT2D eigenvalue weighted by Gasteiger charge is -2.25. The lowest BCUT2D eigenvalue weighted by molar-refractivity contribution is 0.0187. The number of nitrogens with zero attached hydrogens (tertiary/aromatic N) is 2. The fourth-order valence-electron chi connectivity index (χ4n) is 2.37. The first-order valence-electron chi connectivity index (χ1n) is 6.00. The summed E-state index contributed by atoms with van der Waals surface area (Å²) in [6.07, 6.45) is 2.89. The van der Waals surface area contributed by atoms with Gasteiger partial charge in [0, 0.05) is 32.2 Å². The highest BCUT2D eigenvalue weighted by Crippen LogP contribution is 2.30. The van der Waals surface area contributed by atoms with Crippen molar-refractivity contribution in [3.8, 4) is 0 Å². The van der Waals surface area contributed by atoms with E-state index >= 15 is 0 Å². The molecule has 1 aromatic heterocycles. The lowest BCUT2D eigenvalue weighted by atomic mass is 9.88. The molecule has 2 rings (SSSR count). The van der Waals surface area contributed by atoms with Crippen LogP contribution >= 0.6 is 11.6 Å². The van der Waals surface area contributed by atoms with E-state index in [-0.39, 0.29) is 0 Å². The Morgan fingerprint density at radius 1 is 1.47 bits per heavy atom. The number of ether oxygens (including phenoxy) is 1. The van der Waals surface area contributed by atoms with E-state index in [1.807, 2.05) is 14.0 Å². The van der Waals surface area contributed by atoms with Gasteiger partial charge in [-0.1, -0.05) is 11.6 Å². The van der Waals surface area contributed by atoms with Crippen LogP contribution in [0.4, 0.5) is 0 Å². The van der Waals surface area contributed by atoms with Crippen molar-refractivity contribution in [3.05, 3.63) is 16.4 Å². The third-order valence-electron chi connectivity index (χ3n) is 3.42. The van der Waals surface area contributed by atoms with Crippen LogP contribution in [-0.2, 0) is 18.2 Å². The molecule has 1 unspecified atom stereocenters. The van der Waals surface area contributed by atoms with Gasteiger partial charge >= 0.3 is 0 Å². The van der Waals surface area contributed by atoms with Crippen LogP contribution < -0.4 is 0 Å². The number of aryl methyl sites for hydroxylation is 2. The number of aromatic nitrogens is 2. The molecule has 0 bridgehead atoms. The predicted octanol–water partition coefficient (Wildman–Crippen LogP) is 1.86. The van der Waals surface area contributed by atoms with E-state index < -0.39 is 5.60 Å². The van der Waals surface area contributed by atoms with Crippen molar-refractivity contribution in [3.63, 3.8) is 0 Å². The van der Waals surface area contributed by atoms with Gasteiger partial charge in [0.05, 0.1) is 11.3 Å². The van der Waals surface area contributed by atoms with E-state index in [1.165, 1.54) is 0 Å². The molecule has 1 saturated heterocycles. The molecule has 17 heavy (non-hydrogen) atoms. The SMILES string of the molecule is Cc1nn(C)c(Cl)c1CC1(O)CCCOCC1. The summed E-state index contributed by atoms with van der Waals surface area (Å²) in [6.45, 7) is 3.28. The smallest absolute Gasteiger partial charge is 0.130 e. The van der Waals surface area contributed by atoms with Crippen molar-refractivity contribution in [2.24, 2.45) is 7.05 Å². The molecule has 96 valence electrons. The van der Waals surface area contributed by atoms with E-state index in [0.29, 0.717) is 24.6 Å². The van der Waals surface area contributed by atoms with Gasteiger partial charge < -0.3 is 9.84 Å². The second-order valence-corrected chi connectivity index (χ2v) is 5.20. The van der Waals surface area contributed by atoms with Gasteiger partial charge in [0.25, 0.3) is 0 Å². The van der Waals surface area contributed by atoms with Crippen LogP contribution in [0.3, 0.4) is 0 Å². The Balaban J connectivity index is 2.18. The van der Waals surface area contributed by atoms with Gasteiger partial charge in [-0.3, -0.25) is 4.68 Å². The van der Waals surface area contributed by atoms with E-state index in [1.54, 1.807) is 4.68 Å². The second-order valence-electron chi connectivity index (χ2n) is 4.85. The second kappa shape index (κ2) is 4.96. The van der Waals surface area contributed by atoms with Gasteiger partial charge in [-0.05, 0) is 26.2 Å². The van der Waals surface area contributed by atoms with Crippen LogP contribution in [0.5, 0.6) is 0 Å². The zero-order valence-electron chi connectivity index (χ0n) is 10.4.